The molecule has 0 bridgehead atoms. The maximum absolute atomic E-state index is 13.1. The molecule has 2 aliphatic rings. The monoisotopic (exact) mass is 427 g/mol. The van der Waals surface area contributed by atoms with E-state index < -0.39 is 29.7 Å². The van der Waals surface area contributed by atoms with Crippen molar-refractivity contribution in [2.24, 2.45) is 11.0 Å². The first kappa shape index (κ1) is 17.4. The summed E-state index contributed by atoms with van der Waals surface area (Å²) in [5, 5.41) is 5.68. The fourth-order valence-corrected chi connectivity index (χ4v) is 3.59. The molecule has 2 aromatic carbocycles. The molecule has 2 aliphatic heterocycles. The molecule has 0 radical (unpaired) electrons. The molecule has 0 aliphatic carbocycles. The number of rotatable bonds is 3. The van der Waals surface area contributed by atoms with Gasteiger partial charge in [0, 0.05) is 4.47 Å². The largest absolute Gasteiger partial charge is 0.464 e. The van der Waals surface area contributed by atoms with E-state index in [4.69, 9.17) is 4.74 Å². The van der Waals surface area contributed by atoms with Crippen LogP contribution in [0.5, 0.6) is 0 Å². The number of benzene rings is 2. The number of hydrazone groups is 1. The number of halogens is 1. The number of esters is 1. The first-order chi connectivity index (χ1) is 13.0. The van der Waals surface area contributed by atoms with Gasteiger partial charge in [-0.1, -0.05) is 34.1 Å². The highest BCUT2D eigenvalue weighted by molar-refractivity contribution is 9.10. The predicted molar refractivity (Wildman–Crippen MR) is 102 cm³/mol. The minimum Gasteiger partial charge on any atom is -0.464 e. The lowest BCUT2D eigenvalue weighted by molar-refractivity contribution is -0.133. The summed E-state index contributed by atoms with van der Waals surface area (Å²) in [7, 11) is 1.22. The van der Waals surface area contributed by atoms with Crippen LogP contribution in [0.2, 0.25) is 0 Å². The SMILES string of the molecule is COC(=O)C1=NN(c2ccccc2)[C@@H]2C(=O)N(c3ccc(Br)cc3)C(=O)[C@H]12. The number of carbonyl (C=O) groups is 3. The second-order valence-electron chi connectivity index (χ2n) is 6.07. The number of carbonyl (C=O) groups excluding carboxylic acids is 3. The smallest absolute Gasteiger partial charge is 0.355 e. The van der Waals surface area contributed by atoms with Gasteiger partial charge in [0.15, 0.2) is 5.71 Å². The summed E-state index contributed by atoms with van der Waals surface area (Å²) in [6.07, 6.45) is 0. The third-order valence-corrected chi connectivity index (χ3v) is 5.08. The van der Waals surface area contributed by atoms with E-state index in [1.165, 1.54) is 12.1 Å². The normalized spacial score (nSPS) is 21.3. The molecule has 0 unspecified atom stereocenters. The van der Waals surface area contributed by atoms with E-state index in [-0.39, 0.29) is 5.71 Å². The number of methoxy groups -OCH3 is 1. The molecule has 27 heavy (non-hydrogen) atoms. The van der Waals surface area contributed by atoms with Gasteiger partial charge in [-0.05, 0) is 36.4 Å². The van der Waals surface area contributed by atoms with Crippen molar-refractivity contribution in [2.45, 2.75) is 6.04 Å². The highest BCUT2D eigenvalue weighted by atomic mass is 79.9. The third kappa shape index (κ3) is 2.73. The van der Waals surface area contributed by atoms with Gasteiger partial charge >= 0.3 is 5.97 Å². The molecule has 2 aromatic rings. The van der Waals surface area contributed by atoms with Gasteiger partial charge in [0.1, 0.15) is 12.0 Å². The van der Waals surface area contributed by atoms with Crippen LogP contribution in [-0.2, 0) is 19.1 Å². The van der Waals surface area contributed by atoms with Gasteiger partial charge in [0.25, 0.3) is 5.91 Å². The molecule has 0 spiro atoms. The first-order valence-corrected chi connectivity index (χ1v) is 8.96. The Hall–Kier alpha value is -3.00. The lowest BCUT2D eigenvalue weighted by Gasteiger charge is -2.22. The number of fused-ring (bicyclic) bond motifs is 1. The van der Waals surface area contributed by atoms with E-state index in [9.17, 15) is 14.4 Å². The van der Waals surface area contributed by atoms with Crippen molar-refractivity contribution in [2.75, 3.05) is 17.0 Å². The molecule has 1 fully saturated rings. The number of nitrogens with zero attached hydrogens (tertiary/aromatic N) is 3. The van der Waals surface area contributed by atoms with Crippen LogP contribution >= 0.6 is 15.9 Å². The Morgan fingerprint density at radius 1 is 1.00 bits per heavy atom. The van der Waals surface area contributed by atoms with E-state index in [2.05, 4.69) is 21.0 Å². The van der Waals surface area contributed by atoms with Gasteiger partial charge in [-0.2, -0.15) is 5.10 Å². The minimum atomic E-state index is -1.01. The van der Waals surface area contributed by atoms with Gasteiger partial charge < -0.3 is 4.74 Å². The van der Waals surface area contributed by atoms with E-state index in [0.717, 1.165) is 9.37 Å². The van der Waals surface area contributed by atoms with Crippen LogP contribution in [0.3, 0.4) is 0 Å². The second kappa shape index (κ2) is 6.62. The number of anilines is 2. The first-order valence-electron chi connectivity index (χ1n) is 8.17. The van der Waals surface area contributed by atoms with Crippen LogP contribution in [0.25, 0.3) is 0 Å². The summed E-state index contributed by atoms with van der Waals surface area (Å²) in [6.45, 7) is 0. The van der Waals surface area contributed by atoms with Gasteiger partial charge in [-0.25, -0.2) is 9.69 Å². The lowest BCUT2D eigenvalue weighted by atomic mass is 9.98. The zero-order chi connectivity index (χ0) is 19.1. The molecule has 0 aromatic heterocycles. The Labute approximate surface area is 163 Å². The molecule has 2 amide bonds. The fourth-order valence-electron chi connectivity index (χ4n) is 3.33. The van der Waals surface area contributed by atoms with Crippen molar-refractivity contribution in [1.29, 1.82) is 0 Å². The highest BCUT2D eigenvalue weighted by Gasteiger charge is 2.59. The molecule has 2 heterocycles. The Morgan fingerprint density at radius 2 is 1.67 bits per heavy atom. The van der Waals surface area contributed by atoms with Crippen LogP contribution in [-0.4, -0.2) is 36.6 Å². The van der Waals surface area contributed by atoms with E-state index in [0.29, 0.717) is 11.4 Å². The molecule has 0 N–H and O–H groups in total. The second-order valence-corrected chi connectivity index (χ2v) is 6.98. The van der Waals surface area contributed by atoms with E-state index >= 15 is 0 Å². The van der Waals surface area contributed by atoms with Crippen molar-refractivity contribution < 1.29 is 19.1 Å². The number of amides is 2. The molecule has 8 heteroatoms. The minimum absolute atomic E-state index is 0.0654. The van der Waals surface area contributed by atoms with Crippen LogP contribution in [0.15, 0.2) is 64.2 Å². The summed E-state index contributed by atoms with van der Waals surface area (Å²) >= 11 is 3.33. The van der Waals surface area contributed by atoms with E-state index in [1.807, 2.05) is 6.07 Å². The topological polar surface area (TPSA) is 79.3 Å². The molecule has 2 atom stereocenters. The standard InChI is InChI=1S/C19H14BrN3O4/c1-27-19(26)15-14-16(23(21-15)13-5-3-2-4-6-13)18(25)22(17(14)24)12-9-7-11(20)8-10-12/h2-10,14,16H,1H3/t14-,16+/m1/s1. The summed E-state index contributed by atoms with van der Waals surface area (Å²) in [5.41, 5.74) is 0.995. The van der Waals surface area contributed by atoms with Crippen LogP contribution in [0.4, 0.5) is 11.4 Å². The molecule has 4 rings (SSSR count). The zero-order valence-corrected chi connectivity index (χ0v) is 15.8. The van der Waals surface area contributed by atoms with Gasteiger partial charge in [0.05, 0.1) is 18.5 Å². The average molecular weight is 428 g/mol. The number of para-hydroxylation sites is 1. The molecule has 136 valence electrons. The van der Waals surface area contributed by atoms with Crippen LogP contribution < -0.4 is 9.91 Å². The van der Waals surface area contributed by atoms with Crippen molar-refractivity contribution in [3.63, 3.8) is 0 Å². The molecular weight excluding hydrogens is 414 g/mol. The number of hydrogen-bond acceptors (Lipinski definition) is 6. The number of imide groups is 1. The van der Waals surface area contributed by atoms with Crippen LogP contribution in [0, 0.1) is 5.92 Å². The molecule has 0 saturated carbocycles. The molecule has 7 nitrogen and oxygen atoms in total. The van der Waals surface area contributed by atoms with Gasteiger partial charge in [0.2, 0.25) is 5.91 Å². The molecule has 1 saturated heterocycles. The van der Waals surface area contributed by atoms with Gasteiger partial charge in [-0.15, -0.1) is 0 Å². The third-order valence-electron chi connectivity index (χ3n) is 4.55. The van der Waals surface area contributed by atoms with Crippen LogP contribution in [0.1, 0.15) is 0 Å². The maximum Gasteiger partial charge on any atom is 0.355 e. The fraction of sp³-hybridized carbons (Fsp3) is 0.158. The Morgan fingerprint density at radius 3 is 2.30 bits per heavy atom. The Balaban J connectivity index is 1.80. The van der Waals surface area contributed by atoms with Crippen molar-refractivity contribution in [3.8, 4) is 0 Å². The van der Waals surface area contributed by atoms with Crippen molar-refractivity contribution in [3.05, 3.63) is 59.1 Å². The lowest BCUT2D eigenvalue weighted by Crippen LogP contribution is -2.39. The average Bonchev–Trinajstić information content (AvgIpc) is 3.20. The zero-order valence-electron chi connectivity index (χ0n) is 14.2. The summed E-state index contributed by atoms with van der Waals surface area (Å²) in [5.74, 6) is -2.65. The Bertz CT molecular complexity index is 959. The highest BCUT2D eigenvalue weighted by Crippen LogP contribution is 2.38. The predicted octanol–water partition coefficient (Wildman–Crippen LogP) is 2.36. The number of ether oxygens (including phenoxy) is 1. The summed E-state index contributed by atoms with van der Waals surface area (Å²) in [6, 6.07) is 14.9. The Kier molecular flexibility index (Phi) is 4.27. The maximum atomic E-state index is 13.1. The van der Waals surface area contributed by atoms with Crippen molar-refractivity contribution in [1.82, 2.24) is 0 Å². The summed E-state index contributed by atoms with van der Waals surface area (Å²) in [4.78, 5) is 39.5. The van der Waals surface area contributed by atoms with Crippen molar-refractivity contribution >= 4 is 50.8 Å². The quantitative estimate of drug-likeness (QED) is 0.554. The number of hydrogen-bond donors (Lipinski definition) is 0. The van der Waals surface area contributed by atoms with E-state index in [1.54, 1.807) is 48.5 Å². The van der Waals surface area contributed by atoms with Gasteiger partial charge in [-0.3, -0.25) is 14.6 Å². The summed E-state index contributed by atoms with van der Waals surface area (Å²) < 4.78 is 5.61. The molecular formula is C19H14BrN3O4.